The second-order valence-corrected chi connectivity index (χ2v) is 7.87. The third-order valence-electron chi connectivity index (χ3n) is 6.20. The lowest BCUT2D eigenvalue weighted by molar-refractivity contribution is -0.158. The van der Waals surface area contributed by atoms with Crippen LogP contribution in [0.2, 0.25) is 0 Å². The van der Waals surface area contributed by atoms with Gasteiger partial charge in [-0.3, -0.25) is 9.59 Å². The van der Waals surface area contributed by atoms with Gasteiger partial charge in [0.05, 0.1) is 10.8 Å². The van der Waals surface area contributed by atoms with Gasteiger partial charge >= 0.3 is 5.97 Å². The SMILES string of the molecule is CCC[C@]1(C(=O)O)CCCN(C(=O)C2(c3ccc(F)cc3)CCOCC2)C1. The molecule has 1 aromatic rings. The van der Waals surface area contributed by atoms with Crippen LogP contribution in [0.15, 0.2) is 24.3 Å². The van der Waals surface area contributed by atoms with Crippen LogP contribution in [0.3, 0.4) is 0 Å². The number of likely N-dealkylation sites (tertiary alicyclic amines) is 1. The maximum atomic E-state index is 13.7. The van der Waals surface area contributed by atoms with Crippen molar-refractivity contribution >= 4 is 11.9 Å². The van der Waals surface area contributed by atoms with Gasteiger partial charge in [-0.05, 0) is 49.8 Å². The van der Waals surface area contributed by atoms with Crippen LogP contribution in [0.1, 0.15) is 51.0 Å². The molecule has 3 rings (SSSR count). The number of ether oxygens (including phenoxy) is 1. The van der Waals surface area contributed by atoms with Crippen molar-refractivity contribution in [1.29, 1.82) is 0 Å². The number of nitrogens with zero attached hydrogens (tertiary/aromatic N) is 1. The molecule has 2 aliphatic heterocycles. The number of carbonyl (C=O) groups is 2. The van der Waals surface area contributed by atoms with Crippen molar-refractivity contribution in [3.05, 3.63) is 35.6 Å². The Bertz CT molecular complexity index is 680. The predicted octanol–water partition coefficient (Wildman–Crippen LogP) is 3.37. The number of hydrogen-bond donors (Lipinski definition) is 1. The molecule has 0 saturated carbocycles. The lowest BCUT2D eigenvalue weighted by Gasteiger charge is -2.45. The monoisotopic (exact) mass is 377 g/mol. The van der Waals surface area contributed by atoms with Gasteiger partial charge in [0, 0.05) is 26.3 Å². The summed E-state index contributed by atoms with van der Waals surface area (Å²) in [6.45, 7) is 3.73. The van der Waals surface area contributed by atoms with Crippen molar-refractivity contribution in [1.82, 2.24) is 4.90 Å². The van der Waals surface area contributed by atoms with E-state index >= 15 is 0 Å². The lowest BCUT2D eigenvalue weighted by Crippen LogP contribution is -2.56. The number of piperidine rings is 1. The summed E-state index contributed by atoms with van der Waals surface area (Å²) in [7, 11) is 0. The molecular weight excluding hydrogens is 349 g/mol. The summed E-state index contributed by atoms with van der Waals surface area (Å²) >= 11 is 0. The molecule has 27 heavy (non-hydrogen) atoms. The molecular formula is C21H28FNO4. The first-order chi connectivity index (χ1) is 12.9. The molecule has 0 spiro atoms. The average molecular weight is 377 g/mol. The van der Waals surface area contributed by atoms with Crippen molar-refractivity contribution in [2.75, 3.05) is 26.3 Å². The van der Waals surface area contributed by atoms with Gasteiger partial charge in [-0.15, -0.1) is 0 Å². The molecule has 0 unspecified atom stereocenters. The summed E-state index contributed by atoms with van der Waals surface area (Å²) in [6, 6.07) is 6.13. The number of hydrogen-bond acceptors (Lipinski definition) is 3. The second-order valence-electron chi connectivity index (χ2n) is 7.87. The Hall–Kier alpha value is -1.95. The number of carbonyl (C=O) groups excluding carboxylic acids is 1. The van der Waals surface area contributed by atoms with Gasteiger partial charge in [0.25, 0.3) is 0 Å². The highest BCUT2D eigenvalue weighted by molar-refractivity contribution is 5.89. The van der Waals surface area contributed by atoms with E-state index < -0.39 is 16.8 Å². The highest BCUT2D eigenvalue weighted by Gasteiger charge is 2.49. The zero-order chi connectivity index (χ0) is 19.5. The van der Waals surface area contributed by atoms with E-state index in [0.717, 1.165) is 12.0 Å². The first-order valence-electron chi connectivity index (χ1n) is 9.80. The summed E-state index contributed by atoms with van der Waals surface area (Å²) in [4.78, 5) is 27.4. The highest BCUT2D eigenvalue weighted by atomic mass is 19.1. The Kier molecular flexibility index (Phi) is 5.84. The molecule has 0 aromatic heterocycles. The van der Waals surface area contributed by atoms with E-state index in [1.807, 2.05) is 6.92 Å². The average Bonchev–Trinajstić information content (AvgIpc) is 2.69. The summed E-state index contributed by atoms with van der Waals surface area (Å²) in [5.74, 6) is -1.19. The molecule has 6 heteroatoms. The number of rotatable bonds is 5. The van der Waals surface area contributed by atoms with E-state index in [2.05, 4.69) is 0 Å². The topological polar surface area (TPSA) is 66.8 Å². The van der Waals surface area contributed by atoms with Crippen molar-refractivity contribution in [2.45, 2.75) is 50.9 Å². The molecule has 1 aromatic carbocycles. The Morgan fingerprint density at radius 2 is 1.85 bits per heavy atom. The van der Waals surface area contributed by atoms with Gasteiger partial charge in [-0.2, -0.15) is 0 Å². The minimum absolute atomic E-state index is 0.0427. The first-order valence-corrected chi connectivity index (χ1v) is 9.80. The Labute approximate surface area is 159 Å². The predicted molar refractivity (Wildman–Crippen MR) is 98.9 cm³/mol. The molecule has 0 radical (unpaired) electrons. The largest absolute Gasteiger partial charge is 0.481 e. The lowest BCUT2D eigenvalue weighted by atomic mass is 9.71. The van der Waals surface area contributed by atoms with E-state index in [0.29, 0.717) is 51.9 Å². The van der Waals surface area contributed by atoms with Gasteiger partial charge in [0.15, 0.2) is 0 Å². The normalized spacial score (nSPS) is 25.2. The zero-order valence-corrected chi connectivity index (χ0v) is 15.9. The Balaban J connectivity index is 1.92. The maximum absolute atomic E-state index is 13.7. The van der Waals surface area contributed by atoms with Crippen LogP contribution >= 0.6 is 0 Å². The number of carboxylic acids is 1. The molecule has 2 fully saturated rings. The van der Waals surface area contributed by atoms with Crippen LogP contribution in [-0.4, -0.2) is 48.2 Å². The van der Waals surface area contributed by atoms with Crippen LogP contribution < -0.4 is 0 Å². The fourth-order valence-corrected chi connectivity index (χ4v) is 4.69. The van der Waals surface area contributed by atoms with E-state index in [4.69, 9.17) is 4.74 Å². The molecule has 148 valence electrons. The zero-order valence-electron chi connectivity index (χ0n) is 15.9. The van der Waals surface area contributed by atoms with Crippen LogP contribution in [-0.2, 0) is 19.7 Å². The van der Waals surface area contributed by atoms with Crippen LogP contribution in [0.4, 0.5) is 4.39 Å². The number of carboxylic acid groups (broad SMARTS) is 1. The first kappa shape index (κ1) is 19.8. The highest BCUT2D eigenvalue weighted by Crippen LogP contribution is 2.41. The van der Waals surface area contributed by atoms with Crippen LogP contribution in [0, 0.1) is 11.2 Å². The third-order valence-corrected chi connectivity index (χ3v) is 6.20. The third kappa shape index (κ3) is 3.72. The van der Waals surface area contributed by atoms with Gasteiger partial charge < -0.3 is 14.7 Å². The molecule has 0 aliphatic carbocycles. The fraction of sp³-hybridized carbons (Fsp3) is 0.619. The van der Waals surface area contributed by atoms with E-state index in [1.165, 1.54) is 12.1 Å². The molecule has 0 bridgehead atoms. The number of halogens is 1. The van der Waals surface area contributed by atoms with E-state index in [1.54, 1.807) is 17.0 Å². The molecule has 1 N–H and O–H groups in total. The minimum Gasteiger partial charge on any atom is -0.481 e. The number of aliphatic carboxylic acids is 1. The van der Waals surface area contributed by atoms with Gasteiger partial charge in [-0.25, -0.2) is 4.39 Å². The number of benzene rings is 1. The van der Waals surface area contributed by atoms with Gasteiger partial charge in [0.2, 0.25) is 5.91 Å². The molecule has 1 atom stereocenters. The van der Waals surface area contributed by atoms with Crippen molar-refractivity contribution in [3.63, 3.8) is 0 Å². The van der Waals surface area contributed by atoms with Crippen LogP contribution in [0.5, 0.6) is 0 Å². The smallest absolute Gasteiger partial charge is 0.311 e. The van der Waals surface area contributed by atoms with E-state index in [9.17, 15) is 19.1 Å². The molecule has 2 heterocycles. The maximum Gasteiger partial charge on any atom is 0.311 e. The molecule has 5 nitrogen and oxygen atoms in total. The summed E-state index contributed by atoms with van der Waals surface area (Å²) in [5.41, 5.74) is -0.837. The molecule has 2 aliphatic rings. The molecule has 2 saturated heterocycles. The molecule has 1 amide bonds. The number of amides is 1. The Morgan fingerprint density at radius 3 is 2.44 bits per heavy atom. The minimum atomic E-state index is -0.863. The second kappa shape index (κ2) is 7.97. The van der Waals surface area contributed by atoms with Gasteiger partial charge in [-0.1, -0.05) is 25.5 Å². The summed E-state index contributed by atoms with van der Waals surface area (Å²) < 4.78 is 18.9. The summed E-state index contributed by atoms with van der Waals surface area (Å²) in [6.07, 6.45) is 3.69. The van der Waals surface area contributed by atoms with Crippen LogP contribution in [0.25, 0.3) is 0 Å². The van der Waals surface area contributed by atoms with E-state index in [-0.39, 0.29) is 18.3 Å². The quantitative estimate of drug-likeness (QED) is 0.854. The standard InChI is InChI=1S/C21H28FNO4/c1-2-8-20(19(25)26)9-3-12-23(15-20)18(24)21(10-13-27-14-11-21)16-4-6-17(22)7-5-16/h4-7H,2-3,8-15H2,1H3,(H,25,26)/t20-/m0/s1. The van der Waals surface area contributed by atoms with Crippen molar-refractivity contribution in [2.24, 2.45) is 5.41 Å². The summed E-state index contributed by atoms with van der Waals surface area (Å²) in [5, 5.41) is 9.84. The fourth-order valence-electron chi connectivity index (χ4n) is 4.69. The van der Waals surface area contributed by atoms with Crippen molar-refractivity contribution in [3.8, 4) is 0 Å². The van der Waals surface area contributed by atoms with Gasteiger partial charge in [0.1, 0.15) is 5.82 Å². The Morgan fingerprint density at radius 1 is 1.19 bits per heavy atom. The van der Waals surface area contributed by atoms with Crippen molar-refractivity contribution < 1.29 is 23.8 Å².